The molecule has 0 saturated heterocycles. The summed E-state index contributed by atoms with van der Waals surface area (Å²) in [6.07, 6.45) is 1.16. The lowest BCUT2D eigenvalue weighted by molar-refractivity contribution is -0.150. The molecule has 1 aliphatic rings. The zero-order valence-corrected chi connectivity index (χ0v) is 17.5. The van der Waals surface area contributed by atoms with E-state index in [9.17, 15) is 14.4 Å². The van der Waals surface area contributed by atoms with Crippen LogP contribution in [-0.2, 0) is 16.1 Å². The highest BCUT2D eigenvalue weighted by Crippen LogP contribution is 2.28. The number of imide groups is 1. The fourth-order valence-corrected chi connectivity index (χ4v) is 3.57. The predicted molar refractivity (Wildman–Crippen MR) is 114 cm³/mol. The largest absolute Gasteiger partial charge is 0.459 e. The zero-order chi connectivity index (χ0) is 22.4. The van der Waals surface area contributed by atoms with Crippen molar-refractivity contribution in [2.24, 2.45) is 5.11 Å². The van der Waals surface area contributed by atoms with Gasteiger partial charge in [0.15, 0.2) is 0 Å². The van der Waals surface area contributed by atoms with Crippen molar-refractivity contribution >= 4 is 17.8 Å². The van der Waals surface area contributed by atoms with E-state index in [0.29, 0.717) is 12.8 Å². The number of ether oxygens (including phenoxy) is 1. The molecular weight excluding hydrogens is 396 g/mol. The number of benzene rings is 2. The van der Waals surface area contributed by atoms with Crippen LogP contribution in [0, 0.1) is 0 Å². The van der Waals surface area contributed by atoms with Gasteiger partial charge in [0, 0.05) is 10.5 Å². The van der Waals surface area contributed by atoms with Gasteiger partial charge in [0.05, 0.1) is 11.1 Å². The summed E-state index contributed by atoms with van der Waals surface area (Å²) in [4.78, 5) is 42.7. The number of carbonyl (C=O) groups is 3. The van der Waals surface area contributed by atoms with Crippen molar-refractivity contribution in [3.63, 3.8) is 0 Å². The molecule has 1 aliphatic heterocycles. The average molecular weight is 420 g/mol. The molecule has 0 unspecified atom stereocenters. The standard InChI is InChI=1S/C23H24N4O4/c1-23(2,25-26-24)14-8-13-19(22(30)31-15-16-9-4-3-5-10-16)27-20(28)17-11-6-7-12-18(17)21(27)29/h3-7,9-12,19H,8,13-15H2,1-2H3/t19-/m0/s1. The van der Waals surface area contributed by atoms with Crippen molar-refractivity contribution in [3.05, 3.63) is 81.7 Å². The number of nitrogens with zero attached hydrogens (tertiary/aromatic N) is 4. The first-order valence-electron chi connectivity index (χ1n) is 10.1. The molecule has 0 N–H and O–H groups in total. The quantitative estimate of drug-likeness (QED) is 0.193. The minimum Gasteiger partial charge on any atom is -0.459 e. The van der Waals surface area contributed by atoms with Gasteiger partial charge in [0.25, 0.3) is 11.8 Å². The van der Waals surface area contributed by atoms with E-state index in [1.54, 1.807) is 38.1 Å². The van der Waals surface area contributed by atoms with Crippen LogP contribution in [0.2, 0.25) is 0 Å². The van der Waals surface area contributed by atoms with Gasteiger partial charge in [-0.2, -0.15) is 0 Å². The second-order valence-corrected chi connectivity index (χ2v) is 8.03. The summed E-state index contributed by atoms with van der Waals surface area (Å²) < 4.78 is 5.46. The summed E-state index contributed by atoms with van der Waals surface area (Å²) in [6, 6.07) is 14.6. The van der Waals surface area contributed by atoms with Gasteiger partial charge in [-0.1, -0.05) is 67.8 Å². The Hall–Kier alpha value is -3.64. The highest BCUT2D eigenvalue weighted by atomic mass is 16.5. The SMILES string of the molecule is CC(C)(CCC[C@@H](C(=O)OCc1ccccc1)N1C(=O)c2ccccc2C1=O)N=[N+]=[N-]. The van der Waals surface area contributed by atoms with Gasteiger partial charge < -0.3 is 4.74 Å². The second-order valence-electron chi connectivity index (χ2n) is 8.03. The molecule has 0 saturated carbocycles. The molecule has 8 heteroatoms. The summed E-state index contributed by atoms with van der Waals surface area (Å²) in [7, 11) is 0. The first-order valence-corrected chi connectivity index (χ1v) is 10.1. The van der Waals surface area contributed by atoms with Gasteiger partial charge in [-0.15, -0.1) is 0 Å². The van der Waals surface area contributed by atoms with Gasteiger partial charge in [0.1, 0.15) is 12.6 Å². The van der Waals surface area contributed by atoms with E-state index in [2.05, 4.69) is 10.0 Å². The Kier molecular flexibility index (Phi) is 6.72. The van der Waals surface area contributed by atoms with Crippen molar-refractivity contribution in [2.45, 2.75) is 51.3 Å². The minimum atomic E-state index is -1.06. The molecule has 2 amide bonds. The lowest BCUT2D eigenvalue weighted by Gasteiger charge is -2.26. The van der Waals surface area contributed by atoms with E-state index < -0.39 is 29.4 Å². The highest BCUT2D eigenvalue weighted by Gasteiger charge is 2.43. The van der Waals surface area contributed by atoms with Gasteiger partial charge in [0.2, 0.25) is 0 Å². The molecule has 160 valence electrons. The number of carbonyl (C=O) groups excluding carboxylic acids is 3. The van der Waals surface area contributed by atoms with Crippen molar-refractivity contribution in [2.75, 3.05) is 0 Å². The van der Waals surface area contributed by atoms with Crippen LogP contribution in [-0.4, -0.2) is 34.3 Å². The molecular formula is C23H24N4O4. The lowest BCUT2D eigenvalue weighted by atomic mass is 9.96. The van der Waals surface area contributed by atoms with Gasteiger partial charge in [-0.25, -0.2) is 4.79 Å². The number of rotatable bonds is 9. The normalized spacial score (nSPS) is 14.1. The van der Waals surface area contributed by atoms with Crippen molar-refractivity contribution in [3.8, 4) is 0 Å². The molecule has 0 aliphatic carbocycles. The Morgan fingerprint density at radius 3 is 2.23 bits per heavy atom. The minimum absolute atomic E-state index is 0.0452. The number of fused-ring (bicyclic) bond motifs is 1. The van der Waals surface area contributed by atoms with Crippen LogP contribution < -0.4 is 0 Å². The van der Waals surface area contributed by atoms with Crippen LogP contribution in [0.4, 0.5) is 0 Å². The van der Waals surface area contributed by atoms with Gasteiger partial charge in [-0.3, -0.25) is 14.5 Å². The molecule has 0 bridgehead atoms. The third-order valence-electron chi connectivity index (χ3n) is 5.21. The van der Waals surface area contributed by atoms with Crippen molar-refractivity contribution in [1.29, 1.82) is 0 Å². The molecule has 1 heterocycles. The maximum Gasteiger partial charge on any atom is 0.329 e. The Labute approximate surface area is 180 Å². The topological polar surface area (TPSA) is 112 Å². The third-order valence-corrected chi connectivity index (χ3v) is 5.21. The first kappa shape index (κ1) is 22.1. The van der Waals surface area contributed by atoms with Crippen LogP contribution in [0.5, 0.6) is 0 Å². The number of esters is 1. The molecule has 0 radical (unpaired) electrons. The average Bonchev–Trinajstić information content (AvgIpc) is 3.01. The molecule has 2 aromatic rings. The summed E-state index contributed by atoms with van der Waals surface area (Å²) in [5.74, 6) is -1.65. The second kappa shape index (κ2) is 9.45. The third kappa shape index (κ3) is 5.10. The zero-order valence-electron chi connectivity index (χ0n) is 17.5. The summed E-state index contributed by atoms with van der Waals surface area (Å²) in [5.41, 5.74) is 9.43. The van der Waals surface area contributed by atoms with Crippen molar-refractivity contribution in [1.82, 2.24) is 4.90 Å². The molecule has 8 nitrogen and oxygen atoms in total. The Bertz CT molecular complexity index is 994. The van der Waals surface area contributed by atoms with E-state index >= 15 is 0 Å². The van der Waals surface area contributed by atoms with Gasteiger partial charge in [-0.05, 0) is 36.1 Å². The monoisotopic (exact) mass is 420 g/mol. The summed E-state index contributed by atoms with van der Waals surface area (Å²) in [5, 5.41) is 3.75. The first-order chi connectivity index (χ1) is 14.8. The molecule has 31 heavy (non-hydrogen) atoms. The van der Waals surface area contributed by atoms with Crippen LogP contribution >= 0.6 is 0 Å². The summed E-state index contributed by atoms with van der Waals surface area (Å²) >= 11 is 0. The predicted octanol–water partition coefficient (Wildman–Crippen LogP) is 4.65. The number of amides is 2. The Balaban J connectivity index is 1.79. The van der Waals surface area contributed by atoms with Crippen LogP contribution in [0.3, 0.4) is 0 Å². The molecule has 3 rings (SSSR count). The van der Waals surface area contributed by atoms with E-state index in [1.807, 2.05) is 30.3 Å². The highest BCUT2D eigenvalue weighted by molar-refractivity contribution is 6.22. The maximum absolute atomic E-state index is 13.0. The van der Waals surface area contributed by atoms with Gasteiger partial charge >= 0.3 is 5.97 Å². The van der Waals surface area contributed by atoms with E-state index in [4.69, 9.17) is 10.3 Å². The molecule has 0 spiro atoms. The number of azide groups is 1. The fourth-order valence-electron chi connectivity index (χ4n) is 3.57. The summed E-state index contributed by atoms with van der Waals surface area (Å²) in [6.45, 7) is 3.62. The fraction of sp³-hybridized carbons (Fsp3) is 0.348. The maximum atomic E-state index is 13.0. The smallest absolute Gasteiger partial charge is 0.329 e. The van der Waals surface area contributed by atoms with Crippen LogP contribution in [0.1, 0.15) is 59.4 Å². The molecule has 0 fully saturated rings. The van der Waals surface area contributed by atoms with E-state index in [0.717, 1.165) is 10.5 Å². The lowest BCUT2D eigenvalue weighted by Crippen LogP contribution is -2.45. The van der Waals surface area contributed by atoms with Crippen molar-refractivity contribution < 1.29 is 19.1 Å². The van der Waals surface area contributed by atoms with E-state index in [-0.39, 0.29) is 24.2 Å². The number of hydrogen-bond donors (Lipinski definition) is 0. The van der Waals surface area contributed by atoms with Crippen LogP contribution in [0.25, 0.3) is 10.4 Å². The molecule has 2 aromatic carbocycles. The Morgan fingerprint density at radius 2 is 1.65 bits per heavy atom. The molecule has 0 aromatic heterocycles. The van der Waals surface area contributed by atoms with E-state index in [1.165, 1.54) is 0 Å². The number of hydrogen-bond acceptors (Lipinski definition) is 5. The van der Waals surface area contributed by atoms with Crippen LogP contribution in [0.15, 0.2) is 59.7 Å². The Morgan fingerprint density at radius 1 is 1.06 bits per heavy atom. The molecule has 1 atom stereocenters.